The van der Waals surface area contributed by atoms with Crippen LogP contribution in [0.5, 0.6) is 0 Å². The number of rotatable bonds is 4. The van der Waals surface area contributed by atoms with Crippen LogP contribution < -0.4 is 4.90 Å². The van der Waals surface area contributed by atoms with Gasteiger partial charge in [-0.25, -0.2) is 4.39 Å². The fourth-order valence-corrected chi connectivity index (χ4v) is 4.60. The van der Waals surface area contributed by atoms with E-state index < -0.39 is 0 Å². The maximum Gasteiger partial charge on any atom is 0.253 e. The molecular formula is C22H23FN4OS. The number of piperidine rings is 1. The number of hydrogen-bond donors (Lipinski definition) is 0. The summed E-state index contributed by atoms with van der Waals surface area (Å²) < 4.78 is 14.1. The van der Waals surface area contributed by atoms with Crippen LogP contribution in [0.3, 0.4) is 0 Å². The van der Waals surface area contributed by atoms with Crippen LogP contribution in [-0.4, -0.2) is 48.2 Å². The third-order valence-electron chi connectivity index (χ3n) is 5.21. The zero-order chi connectivity index (χ0) is 20.4. The van der Waals surface area contributed by atoms with E-state index in [1.54, 1.807) is 18.2 Å². The number of nitrogens with zero attached hydrogens (tertiary/aromatic N) is 4. The van der Waals surface area contributed by atoms with Gasteiger partial charge in [0.1, 0.15) is 10.8 Å². The molecule has 1 unspecified atom stereocenters. The molecule has 0 aliphatic carbocycles. The summed E-state index contributed by atoms with van der Waals surface area (Å²) in [4.78, 5) is 16.9. The summed E-state index contributed by atoms with van der Waals surface area (Å²) in [6, 6.07) is 14.3. The first-order chi connectivity index (χ1) is 14.0. The Morgan fingerprint density at radius 2 is 2.00 bits per heavy atom. The van der Waals surface area contributed by atoms with Gasteiger partial charge in [-0.15, -0.1) is 10.2 Å². The molecule has 7 heteroatoms. The molecular weight excluding hydrogens is 387 g/mol. The minimum Gasteiger partial charge on any atom is -0.378 e. The van der Waals surface area contributed by atoms with Crippen molar-refractivity contribution in [3.05, 3.63) is 64.9 Å². The lowest BCUT2D eigenvalue weighted by molar-refractivity contribution is 0.0707. The normalized spacial score (nSPS) is 16.7. The molecule has 0 radical (unpaired) electrons. The van der Waals surface area contributed by atoms with E-state index in [0.717, 1.165) is 30.1 Å². The molecule has 4 rings (SSSR count). The molecule has 1 amide bonds. The first-order valence-electron chi connectivity index (χ1n) is 9.68. The molecule has 0 bridgehead atoms. The predicted octanol–water partition coefficient (Wildman–Crippen LogP) is 4.43. The van der Waals surface area contributed by atoms with E-state index in [9.17, 15) is 9.18 Å². The van der Waals surface area contributed by atoms with Gasteiger partial charge < -0.3 is 9.80 Å². The van der Waals surface area contributed by atoms with Crippen LogP contribution in [0.4, 0.5) is 10.1 Å². The van der Waals surface area contributed by atoms with Crippen LogP contribution in [0.1, 0.15) is 34.1 Å². The molecule has 1 saturated heterocycles. The monoisotopic (exact) mass is 410 g/mol. The van der Waals surface area contributed by atoms with Crippen molar-refractivity contribution < 1.29 is 9.18 Å². The molecule has 3 aromatic rings. The summed E-state index contributed by atoms with van der Waals surface area (Å²) in [7, 11) is 3.92. The van der Waals surface area contributed by atoms with E-state index in [4.69, 9.17) is 0 Å². The molecule has 29 heavy (non-hydrogen) atoms. The number of carbonyl (C=O) groups is 1. The number of halogens is 1. The van der Waals surface area contributed by atoms with Crippen LogP contribution in [0.25, 0.3) is 10.6 Å². The second-order valence-corrected chi connectivity index (χ2v) is 8.47. The van der Waals surface area contributed by atoms with E-state index in [-0.39, 0.29) is 17.6 Å². The van der Waals surface area contributed by atoms with Crippen molar-refractivity contribution in [3.63, 3.8) is 0 Å². The van der Waals surface area contributed by atoms with Crippen molar-refractivity contribution in [2.45, 2.75) is 18.8 Å². The molecule has 1 atom stereocenters. The molecule has 0 N–H and O–H groups in total. The highest BCUT2D eigenvalue weighted by Gasteiger charge is 2.28. The SMILES string of the molecule is CN(C)c1cccc(C(=O)N2CCCC(c3nnc(-c4ccccc4F)s3)C2)c1. The summed E-state index contributed by atoms with van der Waals surface area (Å²) in [5.41, 5.74) is 2.17. The fourth-order valence-electron chi connectivity index (χ4n) is 3.61. The molecule has 2 heterocycles. The van der Waals surface area contributed by atoms with Gasteiger partial charge in [0, 0.05) is 49.9 Å². The molecule has 5 nitrogen and oxygen atoms in total. The van der Waals surface area contributed by atoms with Crippen LogP contribution in [-0.2, 0) is 0 Å². The van der Waals surface area contributed by atoms with Crippen LogP contribution in [0, 0.1) is 5.82 Å². The summed E-state index contributed by atoms with van der Waals surface area (Å²) in [6.45, 7) is 1.34. The van der Waals surface area contributed by atoms with Crippen molar-refractivity contribution >= 4 is 22.9 Å². The number of likely N-dealkylation sites (tertiary alicyclic amines) is 1. The Kier molecular flexibility index (Phi) is 5.58. The van der Waals surface area contributed by atoms with Gasteiger partial charge in [0.05, 0.1) is 0 Å². The highest BCUT2D eigenvalue weighted by molar-refractivity contribution is 7.14. The molecule has 2 aromatic carbocycles. The predicted molar refractivity (Wildman–Crippen MR) is 114 cm³/mol. The minimum atomic E-state index is -0.295. The third-order valence-corrected chi connectivity index (χ3v) is 6.33. The summed E-state index contributed by atoms with van der Waals surface area (Å²) >= 11 is 1.42. The first-order valence-corrected chi connectivity index (χ1v) is 10.5. The molecule has 1 fully saturated rings. The Bertz CT molecular complexity index is 1020. The average Bonchev–Trinajstić information content (AvgIpc) is 3.24. The highest BCUT2D eigenvalue weighted by atomic mass is 32.1. The molecule has 150 valence electrons. The number of amides is 1. The Morgan fingerprint density at radius 1 is 1.17 bits per heavy atom. The fraction of sp³-hybridized carbons (Fsp3) is 0.318. The van der Waals surface area contributed by atoms with Gasteiger partial charge in [0.25, 0.3) is 5.91 Å². The second kappa shape index (κ2) is 8.29. The lowest BCUT2D eigenvalue weighted by Gasteiger charge is -2.31. The van der Waals surface area contributed by atoms with Gasteiger partial charge in [-0.05, 0) is 43.2 Å². The van der Waals surface area contributed by atoms with E-state index >= 15 is 0 Å². The van der Waals surface area contributed by atoms with Gasteiger partial charge >= 0.3 is 0 Å². The van der Waals surface area contributed by atoms with Crippen molar-refractivity contribution in [2.75, 3.05) is 32.1 Å². The Hall–Kier alpha value is -2.80. The largest absolute Gasteiger partial charge is 0.378 e. The van der Waals surface area contributed by atoms with E-state index in [1.807, 2.05) is 48.2 Å². The minimum absolute atomic E-state index is 0.0391. The highest BCUT2D eigenvalue weighted by Crippen LogP contribution is 2.34. The molecule has 1 aliphatic heterocycles. The maximum atomic E-state index is 14.1. The summed E-state index contributed by atoms with van der Waals surface area (Å²) in [6.07, 6.45) is 1.87. The Morgan fingerprint density at radius 3 is 2.79 bits per heavy atom. The van der Waals surface area contributed by atoms with E-state index in [2.05, 4.69) is 10.2 Å². The average molecular weight is 411 g/mol. The lowest BCUT2D eigenvalue weighted by atomic mass is 9.98. The van der Waals surface area contributed by atoms with Gasteiger partial charge in [0.2, 0.25) is 0 Å². The van der Waals surface area contributed by atoms with Crippen molar-refractivity contribution in [2.24, 2.45) is 0 Å². The smallest absolute Gasteiger partial charge is 0.253 e. The summed E-state index contributed by atoms with van der Waals surface area (Å²) in [5, 5.41) is 9.97. The number of aromatic nitrogens is 2. The standard InChI is InChI=1S/C22H23FN4OS/c1-26(2)17-9-5-7-15(13-17)22(28)27-12-6-8-16(14-27)20-24-25-21(29-20)18-10-3-4-11-19(18)23/h3-5,7,9-11,13,16H,6,8,12,14H2,1-2H3. The van der Waals surface area contributed by atoms with E-state index in [1.165, 1.54) is 17.4 Å². The van der Waals surface area contributed by atoms with Crippen molar-refractivity contribution in [1.82, 2.24) is 15.1 Å². The van der Waals surface area contributed by atoms with Gasteiger partial charge in [-0.3, -0.25) is 4.79 Å². The zero-order valence-electron chi connectivity index (χ0n) is 16.5. The maximum absolute atomic E-state index is 14.1. The van der Waals surface area contributed by atoms with Gasteiger partial charge in [0.15, 0.2) is 5.01 Å². The van der Waals surface area contributed by atoms with Crippen LogP contribution >= 0.6 is 11.3 Å². The number of anilines is 1. The quantitative estimate of drug-likeness (QED) is 0.638. The zero-order valence-corrected chi connectivity index (χ0v) is 17.3. The second-order valence-electron chi connectivity index (χ2n) is 7.46. The Labute approximate surface area is 173 Å². The van der Waals surface area contributed by atoms with Crippen molar-refractivity contribution in [3.8, 4) is 10.6 Å². The third kappa shape index (κ3) is 4.15. The summed E-state index contributed by atoms with van der Waals surface area (Å²) in [5.74, 6) is -0.128. The molecule has 0 saturated carbocycles. The first kappa shape index (κ1) is 19.5. The molecule has 1 aliphatic rings. The van der Waals surface area contributed by atoms with Crippen LogP contribution in [0.15, 0.2) is 48.5 Å². The van der Waals surface area contributed by atoms with Crippen LogP contribution in [0.2, 0.25) is 0 Å². The Balaban J connectivity index is 1.51. The number of carbonyl (C=O) groups excluding carboxylic acids is 1. The molecule has 1 aromatic heterocycles. The van der Waals surface area contributed by atoms with Gasteiger partial charge in [-0.2, -0.15) is 0 Å². The van der Waals surface area contributed by atoms with E-state index in [0.29, 0.717) is 22.7 Å². The topological polar surface area (TPSA) is 49.3 Å². The number of benzene rings is 2. The number of hydrogen-bond acceptors (Lipinski definition) is 5. The van der Waals surface area contributed by atoms with Gasteiger partial charge in [-0.1, -0.05) is 29.5 Å². The van der Waals surface area contributed by atoms with Crippen molar-refractivity contribution in [1.29, 1.82) is 0 Å². The molecule has 0 spiro atoms. The lowest BCUT2D eigenvalue weighted by Crippen LogP contribution is -2.39.